The molecule has 0 unspecified atom stereocenters. The van der Waals surface area contributed by atoms with E-state index in [4.69, 9.17) is 4.74 Å². The standard InChI is InChI=1S/C21H17F3N4O/c22-21(23,24)16-6-4-5-15(13-16)18-14-20-26-19(9-11-28(20)27-18)25-10-12-29-17-7-2-1-3-8-17/h1-9,11,13-14H,10,12H2,(H,25,26). The van der Waals surface area contributed by atoms with Crippen LogP contribution in [0.1, 0.15) is 5.56 Å². The van der Waals surface area contributed by atoms with Crippen molar-refractivity contribution in [2.75, 3.05) is 18.5 Å². The fourth-order valence-corrected chi connectivity index (χ4v) is 2.84. The number of anilines is 1. The zero-order valence-electron chi connectivity index (χ0n) is 15.2. The summed E-state index contributed by atoms with van der Waals surface area (Å²) in [7, 11) is 0. The van der Waals surface area contributed by atoms with E-state index in [0.717, 1.165) is 17.9 Å². The van der Waals surface area contributed by atoms with E-state index in [2.05, 4.69) is 15.4 Å². The highest BCUT2D eigenvalue weighted by Crippen LogP contribution is 2.32. The first kappa shape index (κ1) is 18.8. The monoisotopic (exact) mass is 398 g/mol. The predicted molar refractivity (Wildman–Crippen MR) is 104 cm³/mol. The predicted octanol–water partition coefficient (Wildman–Crippen LogP) is 4.91. The van der Waals surface area contributed by atoms with Crippen LogP contribution in [0.2, 0.25) is 0 Å². The van der Waals surface area contributed by atoms with Crippen LogP contribution in [0.4, 0.5) is 19.0 Å². The largest absolute Gasteiger partial charge is 0.492 e. The smallest absolute Gasteiger partial charge is 0.416 e. The number of benzene rings is 2. The van der Waals surface area contributed by atoms with Crippen LogP contribution in [-0.2, 0) is 6.18 Å². The molecule has 0 aliphatic rings. The molecule has 0 amide bonds. The normalized spacial score (nSPS) is 11.6. The van der Waals surface area contributed by atoms with Crippen LogP contribution in [0, 0.1) is 0 Å². The third-order valence-electron chi connectivity index (χ3n) is 4.23. The van der Waals surface area contributed by atoms with Crippen LogP contribution in [0.25, 0.3) is 16.9 Å². The van der Waals surface area contributed by atoms with Gasteiger partial charge in [-0.2, -0.15) is 18.3 Å². The average Bonchev–Trinajstić information content (AvgIpc) is 3.15. The fraction of sp³-hybridized carbons (Fsp3) is 0.143. The molecule has 1 N–H and O–H groups in total. The maximum atomic E-state index is 12.9. The minimum Gasteiger partial charge on any atom is -0.492 e. The topological polar surface area (TPSA) is 51.5 Å². The van der Waals surface area contributed by atoms with Crippen molar-refractivity contribution in [3.63, 3.8) is 0 Å². The van der Waals surface area contributed by atoms with Gasteiger partial charge in [0, 0.05) is 17.8 Å². The number of alkyl halides is 3. The van der Waals surface area contributed by atoms with Gasteiger partial charge < -0.3 is 10.1 Å². The molecule has 0 aliphatic heterocycles. The zero-order valence-corrected chi connectivity index (χ0v) is 15.2. The SMILES string of the molecule is FC(F)(F)c1cccc(-c2cc3nc(NCCOc4ccccc4)ccn3n2)c1. The first-order valence-electron chi connectivity index (χ1n) is 8.95. The summed E-state index contributed by atoms with van der Waals surface area (Å²) in [4.78, 5) is 4.45. The Morgan fingerprint density at radius 2 is 1.79 bits per heavy atom. The van der Waals surface area contributed by atoms with Crippen molar-refractivity contribution in [2.24, 2.45) is 0 Å². The van der Waals surface area contributed by atoms with E-state index in [-0.39, 0.29) is 0 Å². The molecular weight excluding hydrogens is 381 g/mol. The molecule has 0 fully saturated rings. The first-order valence-corrected chi connectivity index (χ1v) is 8.95. The Kier molecular flexibility index (Phi) is 5.07. The van der Waals surface area contributed by atoms with Gasteiger partial charge in [0.1, 0.15) is 18.2 Å². The highest BCUT2D eigenvalue weighted by Gasteiger charge is 2.30. The van der Waals surface area contributed by atoms with Crippen molar-refractivity contribution in [3.05, 3.63) is 78.5 Å². The van der Waals surface area contributed by atoms with E-state index in [1.54, 1.807) is 24.4 Å². The Morgan fingerprint density at radius 3 is 2.59 bits per heavy atom. The van der Waals surface area contributed by atoms with Gasteiger partial charge in [0.05, 0.1) is 17.8 Å². The molecule has 2 aromatic heterocycles. The van der Waals surface area contributed by atoms with Crippen molar-refractivity contribution in [3.8, 4) is 17.0 Å². The van der Waals surface area contributed by atoms with E-state index in [0.29, 0.717) is 35.9 Å². The van der Waals surface area contributed by atoms with E-state index in [9.17, 15) is 13.2 Å². The van der Waals surface area contributed by atoms with Gasteiger partial charge in [-0.05, 0) is 30.3 Å². The van der Waals surface area contributed by atoms with Crippen molar-refractivity contribution in [1.82, 2.24) is 14.6 Å². The summed E-state index contributed by atoms with van der Waals surface area (Å²) in [6.07, 6.45) is -2.69. The van der Waals surface area contributed by atoms with Crippen LogP contribution in [0.5, 0.6) is 5.75 Å². The van der Waals surface area contributed by atoms with Crippen molar-refractivity contribution in [2.45, 2.75) is 6.18 Å². The lowest BCUT2D eigenvalue weighted by Gasteiger charge is -2.08. The Bertz CT molecular complexity index is 1110. The molecule has 0 radical (unpaired) electrons. The van der Waals surface area contributed by atoms with E-state index in [1.807, 2.05) is 30.3 Å². The number of ether oxygens (including phenoxy) is 1. The number of para-hydroxylation sites is 1. The molecule has 8 heteroatoms. The lowest BCUT2D eigenvalue weighted by molar-refractivity contribution is -0.137. The maximum Gasteiger partial charge on any atom is 0.416 e. The molecule has 0 spiro atoms. The summed E-state index contributed by atoms with van der Waals surface area (Å²) in [5.41, 5.74) is 0.636. The van der Waals surface area contributed by atoms with Crippen molar-refractivity contribution < 1.29 is 17.9 Å². The molecular formula is C21H17F3N4O. The summed E-state index contributed by atoms with van der Waals surface area (Å²) in [6, 6.07) is 18.0. The lowest BCUT2D eigenvalue weighted by Crippen LogP contribution is -2.12. The number of aromatic nitrogens is 3. The minimum atomic E-state index is -4.40. The highest BCUT2D eigenvalue weighted by atomic mass is 19.4. The zero-order chi connectivity index (χ0) is 20.3. The van der Waals surface area contributed by atoms with Crippen LogP contribution < -0.4 is 10.1 Å². The summed E-state index contributed by atoms with van der Waals surface area (Å²) in [5.74, 6) is 1.42. The third kappa shape index (κ3) is 4.48. The second kappa shape index (κ2) is 7.83. The molecule has 2 heterocycles. The number of halogens is 3. The highest BCUT2D eigenvalue weighted by molar-refractivity contribution is 5.65. The van der Waals surface area contributed by atoms with Gasteiger partial charge in [0.2, 0.25) is 0 Å². The Morgan fingerprint density at radius 1 is 0.966 bits per heavy atom. The molecule has 0 saturated heterocycles. The first-order chi connectivity index (χ1) is 14.0. The molecule has 4 aromatic rings. The molecule has 5 nitrogen and oxygen atoms in total. The van der Waals surface area contributed by atoms with Crippen LogP contribution in [0.3, 0.4) is 0 Å². The van der Waals surface area contributed by atoms with Gasteiger partial charge in [0.25, 0.3) is 0 Å². The number of nitrogens with zero attached hydrogens (tertiary/aromatic N) is 3. The third-order valence-corrected chi connectivity index (χ3v) is 4.23. The van der Waals surface area contributed by atoms with E-state index in [1.165, 1.54) is 10.6 Å². The molecule has 148 valence electrons. The van der Waals surface area contributed by atoms with Crippen molar-refractivity contribution in [1.29, 1.82) is 0 Å². The molecule has 0 bridgehead atoms. The summed E-state index contributed by atoms with van der Waals surface area (Å²) in [6.45, 7) is 1.01. The number of rotatable bonds is 6. The Balaban J connectivity index is 1.45. The second-order valence-electron chi connectivity index (χ2n) is 6.31. The van der Waals surface area contributed by atoms with E-state index < -0.39 is 11.7 Å². The molecule has 4 rings (SSSR count). The molecule has 29 heavy (non-hydrogen) atoms. The number of nitrogens with one attached hydrogen (secondary N) is 1. The maximum absolute atomic E-state index is 12.9. The fourth-order valence-electron chi connectivity index (χ4n) is 2.84. The van der Waals surface area contributed by atoms with Crippen LogP contribution in [0.15, 0.2) is 72.9 Å². The molecule has 0 saturated carbocycles. The average molecular weight is 398 g/mol. The van der Waals surface area contributed by atoms with Gasteiger partial charge in [-0.25, -0.2) is 9.50 Å². The van der Waals surface area contributed by atoms with Crippen LogP contribution >= 0.6 is 0 Å². The van der Waals surface area contributed by atoms with Crippen molar-refractivity contribution >= 4 is 11.5 Å². The lowest BCUT2D eigenvalue weighted by atomic mass is 10.1. The summed E-state index contributed by atoms with van der Waals surface area (Å²) in [5, 5.41) is 7.48. The Labute approximate surface area is 164 Å². The second-order valence-corrected chi connectivity index (χ2v) is 6.31. The molecule has 0 atom stereocenters. The van der Waals surface area contributed by atoms with Gasteiger partial charge in [0.15, 0.2) is 5.65 Å². The quantitative estimate of drug-likeness (QED) is 0.469. The van der Waals surface area contributed by atoms with Gasteiger partial charge in [-0.15, -0.1) is 0 Å². The molecule has 0 aliphatic carbocycles. The minimum absolute atomic E-state index is 0.385. The summed E-state index contributed by atoms with van der Waals surface area (Å²) >= 11 is 0. The number of hydrogen-bond donors (Lipinski definition) is 1. The summed E-state index contributed by atoms with van der Waals surface area (Å²) < 4.78 is 46.0. The number of fused-ring (bicyclic) bond motifs is 1. The van der Waals surface area contributed by atoms with Crippen LogP contribution in [-0.4, -0.2) is 27.7 Å². The Hall–Kier alpha value is -3.55. The molecule has 2 aromatic carbocycles. The van der Waals surface area contributed by atoms with Gasteiger partial charge in [-0.3, -0.25) is 0 Å². The number of hydrogen-bond acceptors (Lipinski definition) is 4. The van der Waals surface area contributed by atoms with E-state index >= 15 is 0 Å². The van der Waals surface area contributed by atoms with Gasteiger partial charge >= 0.3 is 6.18 Å². The van der Waals surface area contributed by atoms with Gasteiger partial charge in [-0.1, -0.05) is 30.3 Å².